The highest BCUT2D eigenvalue weighted by atomic mass is 35.5. The minimum Gasteiger partial charge on any atom is -0.457 e. The fourth-order valence-corrected chi connectivity index (χ4v) is 2.43. The van der Waals surface area contributed by atoms with Crippen LogP contribution in [0, 0.1) is 5.82 Å². The average molecular weight is 376 g/mol. The molecule has 0 saturated heterocycles. The maximum atomic E-state index is 13.1. The third-order valence-corrected chi connectivity index (χ3v) is 3.88. The van der Waals surface area contributed by atoms with Gasteiger partial charge in [-0.25, -0.2) is 4.39 Å². The molecule has 6 heteroatoms. The molecule has 0 unspecified atom stereocenters. The molecular formula is C19H12Cl2FNO2. The summed E-state index contributed by atoms with van der Waals surface area (Å²) in [5.74, 6) is 0.270. The molecule has 2 aromatic carbocycles. The highest BCUT2D eigenvalue weighted by Crippen LogP contribution is 2.24. The van der Waals surface area contributed by atoms with Gasteiger partial charge in [-0.1, -0.05) is 23.2 Å². The van der Waals surface area contributed by atoms with Gasteiger partial charge in [-0.05, 0) is 60.7 Å². The fourth-order valence-electron chi connectivity index (χ4n) is 2.13. The second kappa shape index (κ2) is 7.55. The SMILES string of the molecule is O=C(C=Cc1ccc(-c2ccc(Cl)cc2)o1)Nc1ccc(F)c(Cl)c1. The molecule has 25 heavy (non-hydrogen) atoms. The van der Waals surface area contributed by atoms with E-state index in [2.05, 4.69) is 5.32 Å². The molecule has 3 nitrogen and oxygen atoms in total. The van der Waals surface area contributed by atoms with Gasteiger partial charge in [0.15, 0.2) is 0 Å². The fraction of sp³-hybridized carbons (Fsp3) is 0. The Morgan fingerprint density at radius 3 is 2.52 bits per heavy atom. The Bertz CT molecular complexity index is 933. The minimum absolute atomic E-state index is 0.0552. The first-order valence-electron chi connectivity index (χ1n) is 7.31. The van der Waals surface area contributed by atoms with Gasteiger partial charge in [0.25, 0.3) is 0 Å². The van der Waals surface area contributed by atoms with E-state index in [4.69, 9.17) is 27.6 Å². The van der Waals surface area contributed by atoms with Crippen molar-refractivity contribution in [3.63, 3.8) is 0 Å². The highest BCUT2D eigenvalue weighted by Gasteiger charge is 2.05. The molecule has 3 aromatic rings. The summed E-state index contributed by atoms with van der Waals surface area (Å²) < 4.78 is 18.8. The van der Waals surface area contributed by atoms with E-state index >= 15 is 0 Å². The van der Waals surface area contributed by atoms with Crippen LogP contribution in [0.5, 0.6) is 0 Å². The molecule has 1 N–H and O–H groups in total. The Labute approximate surface area is 153 Å². The van der Waals surface area contributed by atoms with Crippen LogP contribution in [0.3, 0.4) is 0 Å². The maximum Gasteiger partial charge on any atom is 0.248 e. The number of benzene rings is 2. The number of furan rings is 1. The lowest BCUT2D eigenvalue weighted by Crippen LogP contribution is -2.07. The molecule has 0 aliphatic carbocycles. The van der Waals surface area contributed by atoms with Gasteiger partial charge in [0.2, 0.25) is 5.91 Å². The number of hydrogen-bond donors (Lipinski definition) is 1. The molecule has 1 amide bonds. The molecule has 1 aromatic heterocycles. The maximum absolute atomic E-state index is 13.1. The first kappa shape index (κ1) is 17.3. The Hall–Kier alpha value is -2.56. The Kier molecular flexibility index (Phi) is 5.22. The molecule has 0 aliphatic rings. The van der Waals surface area contributed by atoms with Crippen molar-refractivity contribution >= 4 is 40.9 Å². The van der Waals surface area contributed by atoms with E-state index in [9.17, 15) is 9.18 Å². The van der Waals surface area contributed by atoms with Gasteiger partial charge in [-0.3, -0.25) is 4.79 Å². The molecule has 0 saturated carbocycles. The summed E-state index contributed by atoms with van der Waals surface area (Å²) in [7, 11) is 0. The first-order chi connectivity index (χ1) is 12.0. The van der Waals surface area contributed by atoms with Crippen molar-refractivity contribution in [1.29, 1.82) is 0 Å². The molecule has 0 radical (unpaired) electrons. The van der Waals surface area contributed by atoms with Gasteiger partial charge in [0, 0.05) is 22.3 Å². The zero-order valence-electron chi connectivity index (χ0n) is 12.8. The number of nitrogens with one attached hydrogen (secondary N) is 1. The topological polar surface area (TPSA) is 42.2 Å². The predicted molar refractivity (Wildman–Crippen MR) is 98.2 cm³/mol. The van der Waals surface area contributed by atoms with Crippen molar-refractivity contribution in [3.05, 3.63) is 82.3 Å². The Morgan fingerprint density at radius 1 is 1.04 bits per heavy atom. The van der Waals surface area contributed by atoms with E-state index < -0.39 is 5.82 Å². The van der Waals surface area contributed by atoms with E-state index in [0.717, 1.165) is 5.56 Å². The summed E-state index contributed by atoms with van der Waals surface area (Å²) in [5.41, 5.74) is 1.29. The average Bonchev–Trinajstić information content (AvgIpc) is 3.06. The molecule has 0 atom stereocenters. The number of hydrogen-bond acceptors (Lipinski definition) is 2. The van der Waals surface area contributed by atoms with Crippen LogP contribution >= 0.6 is 23.2 Å². The van der Waals surface area contributed by atoms with Crippen LogP contribution in [-0.4, -0.2) is 5.91 Å². The largest absolute Gasteiger partial charge is 0.457 e. The second-order valence-electron chi connectivity index (χ2n) is 5.16. The quantitative estimate of drug-likeness (QED) is 0.564. The summed E-state index contributed by atoms with van der Waals surface area (Å²) in [6.07, 6.45) is 2.86. The van der Waals surface area contributed by atoms with Crippen molar-refractivity contribution in [2.45, 2.75) is 0 Å². The van der Waals surface area contributed by atoms with Gasteiger partial charge < -0.3 is 9.73 Å². The van der Waals surface area contributed by atoms with Gasteiger partial charge in [0.1, 0.15) is 17.3 Å². The summed E-state index contributed by atoms with van der Waals surface area (Å²) in [6, 6.07) is 14.8. The van der Waals surface area contributed by atoms with E-state index in [-0.39, 0.29) is 10.9 Å². The molecule has 3 rings (SSSR count). The van der Waals surface area contributed by atoms with Gasteiger partial charge in [-0.15, -0.1) is 0 Å². The van der Waals surface area contributed by atoms with Crippen LogP contribution < -0.4 is 5.32 Å². The number of halogens is 3. The first-order valence-corrected chi connectivity index (χ1v) is 8.07. The molecule has 1 heterocycles. The Morgan fingerprint density at radius 2 is 1.80 bits per heavy atom. The minimum atomic E-state index is -0.541. The lowest BCUT2D eigenvalue weighted by atomic mass is 10.2. The monoisotopic (exact) mass is 375 g/mol. The van der Waals surface area contributed by atoms with Crippen LogP contribution in [0.4, 0.5) is 10.1 Å². The Balaban J connectivity index is 1.66. The molecule has 0 fully saturated rings. The summed E-state index contributed by atoms with van der Waals surface area (Å²) in [6.45, 7) is 0. The van der Waals surface area contributed by atoms with Crippen molar-refractivity contribution < 1.29 is 13.6 Å². The van der Waals surface area contributed by atoms with E-state index in [1.807, 2.05) is 12.1 Å². The van der Waals surface area contributed by atoms with Crippen LogP contribution in [-0.2, 0) is 4.79 Å². The third kappa shape index (κ3) is 4.50. The molecule has 0 spiro atoms. The van der Waals surface area contributed by atoms with E-state index in [1.165, 1.54) is 24.3 Å². The van der Waals surface area contributed by atoms with Crippen molar-refractivity contribution in [2.24, 2.45) is 0 Å². The van der Waals surface area contributed by atoms with Crippen molar-refractivity contribution in [1.82, 2.24) is 0 Å². The summed E-state index contributed by atoms with van der Waals surface area (Å²) >= 11 is 11.5. The summed E-state index contributed by atoms with van der Waals surface area (Å²) in [4.78, 5) is 11.9. The lowest BCUT2D eigenvalue weighted by molar-refractivity contribution is -0.111. The standard InChI is InChI=1S/C19H12Cl2FNO2/c20-13-3-1-12(2-4-13)18-9-6-15(25-18)7-10-19(24)23-14-5-8-17(22)16(21)11-14/h1-11H,(H,23,24). The van der Waals surface area contributed by atoms with Crippen molar-refractivity contribution in [3.8, 4) is 11.3 Å². The molecule has 0 aliphatic heterocycles. The van der Waals surface area contributed by atoms with Crippen LogP contribution in [0.2, 0.25) is 10.0 Å². The molecule has 126 valence electrons. The number of carbonyl (C=O) groups is 1. The number of rotatable bonds is 4. The van der Waals surface area contributed by atoms with Crippen LogP contribution in [0.1, 0.15) is 5.76 Å². The molecule has 0 bridgehead atoms. The smallest absolute Gasteiger partial charge is 0.248 e. The highest BCUT2D eigenvalue weighted by molar-refractivity contribution is 6.31. The lowest BCUT2D eigenvalue weighted by Gasteiger charge is -2.02. The zero-order valence-corrected chi connectivity index (χ0v) is 14.3. The van der Waals surface area contributed by atoms with Crippen molar-refractivity contribution in [2.75, 3.05) is 5.32 Å². The second-order valence-corrected chi connectivity index (χ2v) is 6.00. The summed E-state index contributed by atoms with van der Waals surface area (Å²) in [5, 5.41) is 3.18. The zero-order chi connectivity index (χ0) is 17.8. The third-order valence-electron chi connectivity index (χ3n) is 3.34. The predicted octanol–water partition coefficient (Wildman–Crippen LogP) is 6.04. The van der Waals surface area contributed by atoms with E-state index in [0.29, 0.717) is 22.2 Å². The van der Waals surface area contributed by atoms with Gasteiger partial charge in [-0.2, -0.15) is 0 Å². The number of carbonyl (C=O) groups excluding carboxylic acids is 1. The number of anilines is 1. The molecular weight excluding hydrogens is 364 g/mol. The van der Waals surface area contributed by atoms with E-state index in [1.54, 1.807) is 30.3 Å². The normalized spacial score (nSPS) is 11.0. The number of amides is 1. The van der Waals surface area contributed by atoms with Crippen LogP contribution in [0.25, 0.3) is 17.4 Å². The van der Waals surface area contributed by atoms with Crippen LogP contribution in [0.15, 0.2) is 65.1 Å². The van der Waals surface area contributed by atoms with Gasteiger partial charge >= 0.3 is 0 Å². The van der Waals surface area contributed by atoms with Gasteiger partial charge in [0.05, 0.1) is 5.02 Å².